The van der Waals surface area contributed by atoms with Gasteiger partial charge in [-0.25, -0.2) is 8.42 Å². The summed E-state index contributed by atoms with van der Waals surface area (Å²) in [6, 6.07) is 8.86. The summed E-state index contributed by atoms with van der Waals surface area (Å²) in [5.41, 5.74) is 6.23. The molecule has 9 heteroatoms. The number of nitrogens with zero attached hydrogens (tertiary/aromatic N) is 1. The molecule has 0 radical (unpaired) electrons. The number of carbonyl (C=O) groups excluding carboxylic acids is 2. The van der Waals surface area contributed by atoms with Crippen LogP contribution < -0.4 is 11.1 Å². The van der Waals surface area contributed by atoms with Gasteiger partial charge in [0.2, 0.25) is 15.7 Å². The minimum absolute atomic E-state index is 0.0206. The molecule has 0 spiro atoms. The summed E-state index contributed by atoms with van der Waals surface area (Å²) in [7, 11) is -2.51. The smallest absolute Gasteiger partial charge is 0.288 e. The summed E-state index contributed by atoms with van der Waals surface area (Å²) in [4.78, 5) is 23.4. The van der Waals surface area contributed by atoms with Crippen LogP contribution in [0.5, 0.6) is 0 Å². The molecule has 0 aliphatic heterocycles. The van der Waals surface area contributed by atoms with E-state index in [4.69, 9.17) is 5.73 Å². The van der Waals surface area contributed by atoms with Crippen molar-refractivity contribution in [3.8, 4) is 0 Å². The Balaban J connectivity index is 2.71. The Bertz CT molecular complexity index is 986. The summed E-state index contributed by atoms with van der Waals surface area (Å²) in [6.07, 6.45) is 0. The molecule has 0 unspecified atom stereocenters. The number of nitrogens with one attached hydrogen (secondary N) is 1. The van der Waals surface area contributed by atoms with Crippen LogP contribution in [0.25, 0.3) is 0 Å². The van der Waals surface area contributed by atoms with Crippen molar-refractivity contribution >= 4 is 33.0 Å². The van der Waals surface area contributed by atoms with Crippen LogP contribution in [0.15, 0.2) is 46.2 Å². The maximum absolute atomic E-state index is 12.9. The standard InChI is InChI=1S/C17H19N3O5S/c1-10-5-4-6-12(9-10)26(24,25)14-8-7-13(19-3)15(16(14)18)17(22)20(23)11(2)21/h4-9,19,23H,18H2,1-3H3. The van der Waals surface area contributed by atoms with E-state index < -0.39 is 21.7 Å². The van der Waals surface area contributed by atoms with Crippen LogP contribution in [0.4, 0.5) is 11.4 Å². The number of imide groups is 1. The number of hydrogen-bond acceptors (Lipinski definition) is 7. The SMILES string of the molecule is CNc1ccc(S(=O)(=O)c2cccc(C)c2)c(N)c1C(=O)N(O)C(C)=O. The lowest BCUT2D eigenvalue weighted by Gasteiger charge is -2.18. The number of sulfone groups is 1. The highest BCUT2D eigenvalue weighted by Gasteiger charge is 2.29. The number of anilines is 2. The Hall–Kier alpha value is -2.91. The summed E-state index contributed by atoms with van der Waals surface area (Å²) >= 11 is 0. The Kier molecular flexibility index (Phi) is 5.33. The number of rotatable bonds is 4. The van der Waals surface area contributed by atoms with Crippen molar-refractivity contribution in [1.82, 2.24) is 5.06 Å². The van der Waals surface area contributed by atoms with Gasteiger partial charge in [0.05, 0.1) is 21.0 Å². The molecule has 0 aliphatic carbocycles. The van der Waals surface area contributed by atoms with Gasteiger partial charge in [0.15, 0.2) is 0 Å². The number of aryl methyl sites for hydroxylation is 1. The van der Waals surface area contributed by atoms with Gasteiger partial charge in [0.1, 0.15) is 0 Å². The molecule has 2 aromatic carbocycles. The van der Waals surface area contributed by atoms with Gasteiger partial charge in [-0.05, 0) is 36.8 Å². The molecule has 0 heterocycles. The zero-order chi connectivity index (χ0) is 19.6. The molecule has 2 amide bonds. The number of nitrogens with two attached hydrogens (primary N) is 1. The van der Waals surface area contributed by atoms with Gasteiger partial charge in [-0.15, -0.1) is 0 Å². The highest BCUT2D eigenvalue weighted by molar-refractivity contribution is 7.91. The van der Waals surface area contributed by atoms with Gasteiger partial charge < -0.3 is 11.1 Å². The Morgan fingerprint density at radius 2 is 1.85 bits per heavy atom. The first kappa shape index (κ1) is 19.4. The normalized spacial score (nSPS) is 11.1. The van der Waals surface area contributed by atoms with Gasteiger partial charge in [0.25, 0.3) is 5.91 Å². The van der Waals surface area contributed by atoms with E-state index in [1.807, 2.05) is 0 Å². The first-order chi connectivity index (χ1) is 12.1. The highest BCUT2D eigenvalue weighted by Crippen LogP contribution is 2.33. The number of hydrogen-bond donors (Lipinski definition) is 3. The van der Waals surface area contributed by atoms with Crippen molar-refractivity contribution in [1.29, 1.82) is 0 Å². The molecule has 0 aromatic heterocycles. The number of hydroxylamine groups is 2. The molecule has 0 saturated heterocycles. The molecule has 26 heavy (non-hydrogen) atoms. The molecular weight excluding hydrogens is 358 g/mol. The quantitative estimate of drug-likeness (QED) is 0.421. The second kappa shape index (κ2) is 7.14. The zero-order valence-electron chi connectivity index (χ0n) is 14.5. The summed E-state index contributed by atoms with van der Waals surface area (Å²) in [5.74, 6) is -2.05. The molecule has 4 N–H and O–H groups in total. The summed E-state index contributed by atoms with van der Waals surface area (Å²) in [5, 5.41) is 12.2. The number of benzene rings is 2. The molecular formula is C17H19N3O5S. The monoisotopic (exact) mass is 377 g/mol. The number of carbonyl (C=O) groups is 2. The van der Waals surface area contributed by atoms with Crippen LogP contribution in [0, 0.1) is 6.92 Å². The molecule has 0 atom stereocenters. The zero-order valence-corrected chi connectivity index (χ0v) is 15.3. The van der Waals surface area contributed by atoms with E-state index in [-0.39, 0.29) is 31.8 Å². The second-order valence-corrected chi connectivity index (χ2v) is 7.52. The first-order valence-corrected chi connectivity index (χ1v) is 9.05. The minimum Gasteiger partial charge on any atom is -0.397 e. The van der Waals surface area contributed by atoms with Crippen molar-refractivity contribution in [2.75, 3.05) is 18.1 Å². The Morgan fingerprint density at radius 1 is 1.19 bits per heavy atom. The Labute approximate surface area is 151 Å². The first-order valence-electron chi connectivity index (χ1n) is 7.57. The average molecular weight is 377 g/mol. The van der Waals surface area contributed by atoms with Gasteiger partial charge in [0, 0.05) is 19.7 Å². The fourth-order valence-electron chi connectivity index (χ4n) is 2.43. The molecule has 2 rings (SSSR count). The average Bonchev–Trinajstić information content (AvgIpc) is 2.59. The van der Waals surface area contributed by atoms with E-state index in [2.05, 4.69) is 5.32 Å². The van der Waals surface area contributed by atoms with Crippen LogP contribution in [0.2, 0.25) is 0 Å². The van der Waals surface area contributed by atoms with Gasteiger partial charge in [-0.1, -0.05) is 12.1 Å². The molecule has 138 valence electrons. The molecule has 2 aromatic rings. The van der Waals surface area contributed by atoms with Crippen molar-refractivity contribution < 1.29 is 23.2 Å². The minimum atomic E-state index is -4.01. The molecule has 0 aliphatic rings. The molecule has 0 fully saturated rings. The van der Waals surface area contributed by atoms with E-state index in [0.717, 1.165) is 12.5 Å². The van der Waals surface area contributed by atoms with Crippen molar-refractivity contribution in [2.45, 2.75) is 23.6 Å². The van der Waals surface area contributed by atoms with Gasteiger partial charge in [-0.2, -0.15) is 5.06 Å². The van der Waals surface area contributed by atoms with Crippen LogP contribution in [-0.4, -0.2) is 37.6 Å². The van der Waals surface area contributed by atoms with Crippen molar-refractivity contribution in [3.63, 3.8) is 0 Å². The van der Waals surface area contributed by atoms with Crippen LogP contribution in [0.1, 0.15) is 22.8 Å². The largest absolute Gasteiger partial charge is 0.397 e. The topological polar surface area (TPSA) is 130 Å². The third kappa shape index (κ3) is 3.39. The van der Waals surface area contributed by atoms with Gasteiger partial charge in [-0.3, -0.25) is 14.8 Å². The van der Waals surface area contributed by atoms with Crippen molar-refractivity contribution in [3.05, 3.63) is 47.5 Å². The lowest BCUT2D eigenvalue weighted by molar-refractivity contribution is -0.151. The second-order valence-electron chi connectivity index (χ2n) is 5.61. The fraction of sp³-hybridized carbons (Fsp3) is 0.176. The number of amides is 2. The van der Waals surface area contributed by atoms with Crippen LogP contribution >= 0.6 is 0 Å². The highest BCUT2D eigenvalue weighted by atomic mass is 32.2. The van der Waals surface area contributed by atoms with E-state index in [1.54, 1.807) is 19.1 Å². The lowest BCUT2D eigenvalue weighted by Crippen LogP contribution is -2.33. The molecule has 0 bridgehead atoms. The van der Waals surface area contributed by atoms with E-state index in [1.165, 1.54) is 31.3 Å². The van der Waals surface area contributed by atoms with E-state index >= 15 is 0 Å². The van der Waals surface area contributed by atoms with Crippen LogP contribution in [0.3, 0.4) is 0 Å². The summed E-state index contributed by atoms with van der Waals surface area (Å²) in [6.45, 7) is 2.73. The lowest BCUT2D eigenvalue weighted by atomic mass is 10.1. The predicted molar refractivity (Wildman–Crippen MR) is 95.7 cm³/mol. The third-order valence-corrected chi connectivity index (χ3v) is 5.58. The van der Waals surface area contributed by atoms with Crippen molar-refractivity contribution in [2.24, 2.45) is 0 Å². The fourth-order valence-corrected chi connectivity index (χ4v) is 3.92. The summed E-state index contributed by atoms with van der Waals surface area (Å²) < 4.78 is 25.9. The predicted octanol–water partition coefficient (Wildman–Crippen LogP) is 1.83. The third-order valence-electron chi connectivity index (χ3n) is 3.77. The van der Waals surface area contributed by atoms with Gasteiger partial charge >= 0.3 is 0 Å². The number of nitrogen functional groups attached to an aromatic ring is 1. The van der Waals surface area contributed by atoms with E-state index in [0.29, 0.717) is 0 Å². The van der Waals surface area contributed by atoms with E-state index in [9.17, 15) is 23.2 Å². The maximum atomic E-state index is 12.9. The Morgan fingerprint density at radius 3 is 2.38 bits per heavy atom. The molecule has 8 nitrogen and oxygen atoms in total. The maximum Gasteiger partial charge on any atom is 0.288 e. The molecule has 0 saturated carbocycles. The van der Waals surface area contributed by atoms with Crippen LogP contribution in [-0.2, 0) is 14.6 Å².